The smallest absolute Gasteiger partial charge is 0.246 e. The second-order valence-corrected chi connectivity index (χ2v) is 5.40. The van der Waals surface area contributed by atoms with Gasteiger partial charge in [0, 0.05) is 18.7 Å². The van der Waals surface area contributed by atoms with E-state index in [1.165, 1.54) is 18.2 Å². The van der Waals surface area contributed by atoms with Crippen LogP contribution in [-0.2, 0) is 9.59 Å². The maximum atomic E-state index is 13.1. The Kier molecular flexibility index (Phi) is 4.73. The van der Waals surface area contributed by atoms with Gasteiger partial charge in [0.05, 0.1) is 5.92 Å². The number of benzene rings is 1. The number of rotatable bonds is 3. The molecule has 4 nitrogen and oxygen atoms in total. The van der Waals surface area contributed by atoms with Gasteiger partial charge in [0.25, 0.3) is 0 Å². The van der Waals surface area contributed by atoms with E-state index in [0.717, 1.165) is 6.42 Å². The lowest BCUT2D eigenvalue weighted by atomic mass is 9.93. The van der Waals surface area contributed by atoms with Crippen molar-refractivity contribution < 1.29 is 14.0 Å². The summed E-state index contributed by atoms with van der Waals surface area (Å²) in [5, 5.41) is 0. The number of likely N-dealkylation sites (tertiary alicyclic amines) is 1. The maximum absolute atomic E-state index is 13.1. The summed E-state index contributed by atoms with van der Waals surface area (Å²) < 4.78 is 13.1. The lowest BCUT2D eigenvalue weighted by Crippen LogP contribution is -2.48. The molecule has 0 saturated carbocycles. The minimum absolute atomic E-state index is 0.0743. The van der Waals surface area contributed by atoms with Gasteiger partial charge in [-0.15, -0.1) is 0 Å². The third-order valence-electron chi connectivity index (χ3n) is 3.83. The van der Waals surface area contributed by atoms with E-state index in [1.54, 1.807) is 23.1 Å². The minimum atomic E-state index is -0.367. The number of amides is 2. The molecule has 1 heterocycles. The number of hydrogen-bond donors (Lipinski definition) is 1. The first kappa shape index (κ1) is 15.2. The van der Waals surface area contributed by atoms with E-state index < -0.39 is 0 Å². The fourth-order valence-electron chi connectivity index (χ4n) is 2.52. The molecule has 112 valence electrons. The molecular formula is C16H19FN2O2. The maximum Gasteiger partial charge on any atom is 0.246 e. The summed E-state index contributed by atoms with van der Waals surface area (Å²) in [4.78, 5) is 25.1. The number of nitrogens with zero attached hydrogens (tertiary/aromatic N) is 1. The molecule has 5 heteroatoms. The monoisotopic (exact) mass is 290 g/mol. The fraction of sp³-hybridized carbons (Fsp3) is 0.375. The summed E-state index contributed by atoms with van der Waals surface area (Å²) in [7, 11) is 0. The van der Waals surface area contributed by atoms with Crippen LogP contribution in [0.3, 0.4) is 0 Å². The molecule has 21 heavy (non-hydrogen) atoms. The standard InChI is InChI=1S/C16H19FN2O2/c1-11-5-7-13(16(18)21)10-19(11)15(20)8-6-12-3-2-4-14(17)9-12/h2-4,6,8-9,11,13H,5,7,10H2,1H3,(H2,18,21)/b8-6+/t11-,13-/m1/s1. The Bertz CT molecular complexity index is 571. The number of hydrogen-bond acceptors (Lipinski definition) is 2. The van der Waals surface area contributed by atoms with Crippen molar-refractivity contribution in [3.05, 3.63) is 41.7 Å². The molecule has 2 rings (SSSR count). The number of halogens is 1. The number of carbonyl (C=O) groups is 2. The highest BCUT2D eigenvalue weighted by Crippen LogP contribution is 2.22. The highest BCUT2D eigenvalue weighted by Gasteiger charge is 2.30. The van der Waals surface area contributed by atoms with Crippen molar-refractivity contribution in [1.29, 1.82) is 0 Å². The molecule has 0 bridgehead atoms. The summed E-state index contributed by atoms with van der Waals surface area (Å²) in [5.74, 6) is -1.18. The minimum Gasteiger partial charge on any atom is -0.369 e. The van der Waals surface area contributed by atoms with Gasteiger partial charge in [-0.25, -0.2) is 4.39 Å². The normalized spacial score (nSPS) is 22.5. The first-order chi connectivity index (χ1) is 9.97. The Morgan fingerprint density at radius 2 is 2.14 bits per heavy atom. The lowest BCUT2D eigenvalue weighted by Gasteiger charge is -2.36. The average molecular weight is 290 g/mol. The Hall–Kier alpha value is -2.17. The summed E-state index contributed by atoms with van der Waals surface area (Å²) in [6.07, 6.45) is 4.46. The van der Waals surface area contributed by atoms with Crippen LogP contribution in [0, 0.1) is 11.7 Å². The zero-order valence-electron chi connectivity index (χ0n) is 12.0. The van der Waals surface area contributed by atoms with Gasteiger partial charge in [-0.3, -0.25) is 9.59 Å². The Morgan fingerprint density at radius 1 is 1.38 bits per heavy atom. The van der Waals surface area contributed by atoms with Crippen LogP contribution in [-0.4, -0.2) is 29.3 Å². The third-order valence-corrected chi connectivity index (χ3v) is 3.83. The largest absolute Gasteiger partial charge is 0.369 e. The van der Waals surface area contributed by atoms with Crippen molar-refractivity contribution in [3.63, 3.8) is 0 Å². The van der Waals surface area contributed by atoms with Gasteiger partial charge in [0.2, 0.25) is 11.8 Å². The molecule has 1 aliphatic heterocycles. The van der Waals surface area contributed by atoms with Crippen LogP contribution in [0.25, 0.3) is 6.08 Å². The Balaban J connectivity index is 2.06. The van der Waals surface area contributed by atoms with E-state index in [0.29, 0.717) is 18.5 Å². The van der Waals surface area contributed by atoms with Gasteiger partial charge in [0.15, 0.2) is 0 Å². The van der Waals surface area contributed by atoms with Crippen molar-refractivity contribution in [2.24, 2.45) is 11.7 Å². The molecule has 1 aliphatic rings. The van der Waals surface area contributed by atoms with Crippen molar-refractivity contribution in [1.82, 2.24) is 4.90 Å². The van der Waals surface area contributed by atoms with E-state index >= 15 is 0 Å². The zero-order valence-corrected chi connectivity index (χ0v) is 12.0. The molecule has 1 fully saturated rings. The van der Waals surface area contributed by atoms with Crippen molar-refractivity contribution in [3.8, 4) is 0 Å². The molecule has 0 spiro atoms. The molecule has 1 aromatic rings. The van der Waals surface area contributed by atoms with Crippen molar-refractivity contribution in [2.75, 3.05) is 6.54 Å². The molecule has 0 aliphatic carbocycles. The quantitative estimate of drug-likeness (QED) is 0.865. The predicted octanol–water partition coefficient (Wildman–Crippen LogP) is 1.95. The molecule has 1 saturated heterocycles. The van der Waals surface area contributed by atoms with Crippen LogP contribution in [0.4, 0.5) is 4.39 Å². The molecular weight excluding hydrogens is 271 g/mol. The van der Waals surface area contributed by atoms with E-state index in [1.807, 2.05) is 6.92 Å². The average Bonchev–Trinajstić information content (AvgIpc) is 2.45. The van der Waals surface area contributed by atoms with E-state index in [-0.39, 0.29) is 29.6 Å². The number of primary amides is 1. The van der Waals surface area contributed by atoms with Gasteiger partial charge in [-0.05, 0) is 43.5 Å². The molecule has 2 N–H and O–H groups in total. The van der Waals surface area contributed by atoms with Crippen molar-refractivity contribution in [2.45, 2.75) is 25.8 Å². The number of nitrogens with two attached hydrogens (primary N) is 1. The summed E-state index contributed by atoms with van der Waals surface area (Å²) in [6, 6.07) is 6.09. The van der Waals surface area contributed by atoms with Gasteiger partial charge >= 0.3 is 0 Å². The second kappa shape index (κ2) is 6.52. The highest BCUT2D eigenvalue weighted by atomic mass is 19.1. The molecule has 1 aromatic carbocycles. The summed E-state index contributed by atoms with van der Waals surface area (Å²) >= 11 is 0. The second-order valence-electron chi connectivity index (χ2n) is 5.40. The van der Waals surface area contributed by atoms with E-state index in [4.69, 9.17) is 5.73 Å². The van der Waals surface area contributed by atoms with Crippen molar-refractivity contribution >= 4 is 17.9 Å². The highest BCUT2D eigenvalue weighted by molar-refractivity contribution is 5.92. The van der Waals surface area contributed by atoms with E-state index in [2.05, 4.69) is 0 Å². The SMILES string of the molecule is C[C@@H]1CC[C@@H](C(N)=O)CN1C(=O)/C=C/c1cccc(F)c1. The molecule has 0 radical (unpaired) electrons. The summed E-state index contributed by atoms with van der Waals surface area (Å²) in [6.45, 7) is 2.30. The van der Waals surface area contributed by atoms with Crippen LogP contribution in [0.5, 0.6) is 0 Å². The molecule has 2 atom stereocenters. The topological polar surface area (TPSA) is 63.4 Å². The van der Waals surface area contributed by atoms with Gasteiger partial charge in [0.1, 0.15) is 5.82 Å². The zero-order chi connectivity index (χ0) is 15.4. The van der Waals surface area contributed by atoms with Crippen LogP contribution >= 0.6 is 0 Å². The van der Waals surface area contributed by atoms with Gasteiger partial charge in [-0.2, -0.15) is 0 Å². The van der Waals surface area contributed by atoms with Crippen LogP contribution in [0.2, 0.25) is 0 Å². The third kappa shape index (κ3) is 3.90. The Morgan fingerprint density at radius 3 is 2.81 bits per heavy atom. The fourth-order valence-corrected chi connectivity index (χ4v) is 2.52. The Labute approximate surface area is 123 Å². The van der Waals surface area contributed by atoms with Gasteiger partial charge < -0.3 is 10.6 Å². The van der Waals surface area contributed by atoms with E-state index in [9.17, 15) is 14.0 Å². The summed E-state index contributed by atoms with van der Waals surface area (Å²) in [5.41, 5.74) is 5.94. The van der Waals surface area contributed by atoms with Crippen LogP contribution in [0.1, 0.15) is 25.3 Å². The van der Waals surface area contributed by atoms with Crippen LogP contribution < -0.4 is 5.73 Å². The lowest BCUT2D eigenvalue weighted by molar-refractivity contribution is -0.133. The molecule has 2 amide bonds. The van der Waals surface area contributed by atoms with Crippen LogP contribution in [0.15, 0.2) is 30.3 Å². The molecule has 0 aromatic heterocycles. The number of carbonyl (C=O) groups excluding carboxylic acids is 2. The molecule has 0 unspecified atom stereocenters. The predicted molar refractivity (Wildman–Crippen MR) is 78.5 cm³/mol. The van der Waals surface area contributed by atoms with Gasteiger partial charge in [-0.1, -0.05) is 12.1 Å². The first-order valence-electron chi connectivity index (χ1n) is 7.01. The first-order valence-corrected chi connectivity index (χ1v) is 7.01. The number of piperidine rings is 1.